The molecule has 0 saturated carbocycles. The molecule has 0 saturated heterocycles. The van der Waals surface area contributed by atoms with Gasteiger partial charge in [-0.05, 0) is 63.5 Å². The fraction of sp³-hybridized carbons (Fsp3) is 0.227. The highest BCUT2D eigenvalue weighted by Crippen LogP contribution is 2.22. The number of nitrogens with one attached hydrogen (secondary N) is 2. The highest BCUT2D eigenvalue weighted by atomic mass is 16.5. The number of hydrogen-bond donors (Lipinski definition) is 2. The van der Waals surface area contributed by atoms with Crippen LogP contribution in [0.25, 0.3) is 0 Å². The Kier molecular flexibility index (Phi) is 7.13. The molecule has 1 aromatic heterocycles. The third kappa shape index (κ3) is 6.58. The molecule has 2 aromatic carbocycles. The molecular weight excluding hydrogens is 366 g/mol. The van der Waals surface area contributed by atoms with E-state index in [2.05, 4.69) is 25.5 Å². The van der Waals surface area contributed by atoms with Crippen LogP contribution in [0.3, 0.4) is 0 Å². The molecule has 0 aliphatic heterocycles. The summed E-state index contributed by atoms with van der Waals surface area (Å²) in [6.45, 7) is 1.76. The zero-order valence-corrected chi connectivity index (χ0v) is 16.6. The third-order valence-electron chi connectivity index (χ3n) is 4.08. The number of nitrogens with zero attached hydrogens (tertiary/aromatic N) is 3. The van der Waals surface area contributed by atoms with Crippen molar-refractivity contribution in [2.24, 2.45) is 0 Å². The van der Waals surface area contributed by atoms with Crippen molar-refractivity contribution in [1.82, 2.24) is 14.9 Å². The van der Waals surface area contributed by atoms with E-state index in [1.165, 1.54) is 6.33 Å². The number of benzene rings is 2. The van der Waals surface area contributed by atoms with Crippen LogP contribution in [-0.2, 0) is 0 Å². The minimum Gasteiger partial charge on any atom is -0.457 e. The Hall–Kier alpha value is -3.45. The summed E-state index contributed by atoms with van der Waals surface area (Å²) in [6, 6.07) is 18.4. The molecule has 0 bridgehead atoms. The maximum atomic E-state index is 12.5. The second kappa shape index (κ2) is 10.2. The maximum absolute atomic E-state index is 12.5. The lowest BCUT2D eigenvalue weighted by molar-refractivity contribution is 0.102. The van der Waals surface area contributed by atoms with Gasteiger partial charge in [0.2, 0.25) is 0 Å². The number of carbonyl (C=O) groups is 1. The lowest BCUT2D eigenvalue weighted by atomic mass is 10.2. The van der Waals surface area contributed by atoms with E-state index < -0.39 is 0 Å². The second-order valence-corrected chi connectivity index (χ2v) is 6.77. The Morgan fingerprint density at radius 2 is 1.72 bits per heavy atom. The molecule has 1 heterocycles. The summed E-state index contributed by atoms with van der Waals surface area (Å²) in [5.74, 6) is 1.80. The topological polar surface area (TPSA) is 79.4 Å². The normalized spacial score (nSPS) is 10.6. The molecule has 0 unspecified atom stereocenters. The van der Waals surface area contributed by atoms with Crippen LogP contribution in [0.2, 0.25) is 0 Å². The van der Waals surface area contributed by atoms with Gasteiger partial charge in [-0.15, -0.1) is 0 Å². The van der Waals surface area contributed by atoms with Crippen molar-refractivity contribution in [2.45, 2.75) is 6.42 Å². The van der Waals surface area contributed by atoms with Gasteiger partial charge in [-0.1, -0.05) is 18.2 Å². The number of anilines is 2. The Morgan fingerprint density at radius 3 is 2.45 bits per heavy atom. The SMILES string of the molecule is CN(C)CCCNc1cc(C(=O)Nc2ccc(Oc3ccccc3)cc2)ncn1. The minimum absolute atomic E-state index is 0.291. The quantitative estimate of drug-likeness (QED) is 0.539. The number of rotatable bonds is 9. The number of ether oxygens (including phenoxy) is 1. The number of aromatic nitrogens is 2. The van der Waals surface area contributed by atoms with Crippen LogP contribution in [0.5, 0.6) is 11.5 Å². The first kappa shape index (κ1) is 20.3. The summed E-state index contributed by atoms with van der Waals surface area (Å²) in [4.78, 5) is 22.9. The largest absolute Gasteiger partial charge is 0.457 e. The predicted octanol–water partition coefficient (Wildman–Crippen LogP) is 3.88. The maximum Gasteiger partial charge on any atom is 0.274 e. The van der Waals surface area contributed by atoms with Crippen LogP contribution in [0, 0.1) is 0 Å². The molecule has 0 aliphatic rings. The average molecular weight is 391 g/mol. The van der Waals surface area contributed by atoms with E-state index in [0.29, 0.717) is 22.9 Å². The molecule has 1 amide bonds. The van der Waals surface area contributed by atoms with Gasteiger partial charge >= 0.3 is 0 Å². The zero-order valence-electron chi connectivity index (χ0n) is 16.6. The Labute approximate surface area is 170 Å². The van der Waals surface area contributed by atoms with Gasteiger partial charge in [0.1, 0.15) is 29.3 Å². The molecule has 0 atom stereocenters. The second-order valence-electron chi connectivity index (χ2n) is 6.77. The molecule has 2 N–H and O–H groups in total. The first-order valence-corrected chi connectivity index (χ1v) is 9.45. The van der Waals surface area contributed by atoms with Crippen LogP contribution in [0.15, 0.2) is 67.0 Å². The van der Waals surface area contributed by atoms with E-state index in [0.717, 1.165) is 25.3 Å². The molecule has 7 heteroatoms. The molecule has 3 aromatic rings. The van der Waals surface area contributed by atoms with Gasteiger partial charge in [-0.25, -0.2) is 9.97 Å². The van der Waals surface area contributed by atoms with Gasteiger partial charge in [0.05, 0.1) is 0 Å². The van der Waals surface area contributed by atoms with E-state index in [4.69, 9.17) is 4.74 Å². The predicted molar refractivity (Wildman–Crippen MR) is 115 cm³/mol. The number of amides is 1. The third-order valence-corrected chi connectivity index (χ3v) is 4.08. The van der Waals surface area contributed by atoms with Crippen LogP contribution in [0.4, 0.5) is 11.5 Å². The first-order chi connectivity index (χ1) is 14.1. The van der Waals surface area contributed by atoms with E-state index in [1.54, 1.807) is 30.3 Å². The number of hydrogen-bond acceptors (Lipinski definition) is 6. The fourth-order valence-electron chi connectivity index (χ4n) is 2.62. The van der Waals surface area contributed by atoms with Gasteiger partial charge in [-0.2, -0.15) is 0 Å². The standard InChI is InChI=1S/C22H25N5O2/c1-27(2)14-6-13-23-21-15-20(24-16-25-21)22(28)26-17-9-11-19(12-10-17)29-18-7-4-3-5-8-18/h3-5,7-12,15-16H,6,13-14H2,1-2H3,(H,26,28)(H,23,24,25). The van der Waals surface area contributed by atoms with Gasteiger partial charge < -0.3 is 20.3 Å². The van der Waals surface area contributed by atoms with Gasteiger partial charge in [0.25, 0.3) is 5.91 Å². The summed E-state index contributed by atoms with van der Waals surface area (Å²) >= 11 is 0. The van der Waals surface area contributed by atoms with Crippen molar-refractivity contribution in [1.29, 1.82) is 0 Å². The van der Waals surface area contributed by atoms with Gasteiger partial charge in [-0.3, -0.25) is 4.79 Å². The Morgan fingerprint density at radius 1 is 1.00 bits per heavy atom. The van der Waals surface area contributed by atoms with Crippen molar-refractivity contribution in [3.8, 4) is 11.5 Å². The van der Waals surface area contributed by atoms with Crippen molar-refractivity contribution in [2.75, 3.05) is 37.8 Å². The van der Waals surface area contributed by atoms with E-state index in [9.17, 15) is 4.79 Å². The summed E-state index contributed by atoms with van der Waals surface area (Å²) < 4.78 is 5.76. The van der Waals surface area contributed by atoms with Crippen molar-refractivity contribution in [3.05, 3.63) is 72.7 Å². The van der Waals surface area contributed by atoms with E-state index in [-0.39, 0.29) is 5.91 Å². The summed E-state index contributed by atoms with van der Waals surface area (Å²) in [6.07, 6.45) is 2.37. The monoisotopic (exact) mass is 391 g/mol. The molecule has 29 heavy (non-hydrogen) atoms. The Bertz CT molecular complexity index is 914. The minimum atomic E-state index is -0.291. The molecule has 3 rings (SSSR count). The summed E-state index contributed by atoms with van der Waals surface area (Å²) in [5, 5.41) is 6.05. The van der Waals surface area contributed by atoms with Gasteiger partial charge in [0, 0.05) is 18.3 Å². The molecule has 150 valence electrons. The van der Waals surface area contributed by atoms with E-state index in [1.807, 2.05) is 44.4 Å². The highest BCUT2D eigenvalue weighted by Gasteiger charge is 2.09. The van der Waals surface area contributed by atoms with Crippen LogP contribution in [-0.4, -0.2) is 48.0 Å². The first-order valence-electron chi connectivity index (χ1n) is 9.45. The summed E-state index contributed by atoms with van der Waals surface area (Å²) in [7, 11) is 4.07. The molecule has 0 radical (unpaired) electrons. The van der Waals surface area contributed by atoms with Crippen molar-refractivity contribution in [3.63, 3.8) is 0 Å². The van der Waals surface area contributed by atoms with Crippen molar-refractivity contribution >= 4 is 17.4 Å². The van der Waals surface area contributed by atoms with Crippen LogP contribution < -0.4 is 15.4 Å². The lowest BCUT2D eigenvalue weighted by Crippen LogP contribution is -2.17. The summed E-state index contributed by atoms with van der Waals surface area (Å²) in [5.41, 5.74) is 0.967. The fourth-order valence-corrected chi connectivity index (χ4v) is 2.62. The lowest BCUT2D eigenvalue weighted by Gasteiger charge is -2.11. The molecule has 7 nitrogen and oxygen atoms in total. The number of carbonyl (C=O) groups excluding carboxylic acids is 1. The van der Waals surface area contributed by atoms with Crippen molar-refractivity contribution < 1.29 is 9.53 Å². The zero-order chi connectivity index (χ0) is 20.5. The molecule has 0 aliphatic carbocycles. The molecule has 0 spiro atoms. The van der Waals surface area contributed by atoms with Gasteiger partial charge in [0.15, 0.2) is 0 Å². The Balaban J connectivity index is 1.55. The molecular formula is C22H25N5O2. The average Bonchev–Trinajstić information content (AvgIpc) is 2.73. The smallest absolute Gasteiger partial charge is 0.274 e. The number of para-hydroxylation sites is 1. The van der Waals surface area contributed by atoms with Crippen LogP contribution >= 0.6 is 0 Å². The molecule has 0 fully saturated rings. The van der Waals surface area contributed by atoms with E-state index >= 15 is 0 Å². The van der Waals surface area contributed by atoms with Crippen LogP contribution in [0.1, 0.15) is 16.9 Å². The highest BCUT2D eigenvalue weighted by molar-refractivity contribution is 6.03.